The minimum Gasteiger partial charge on any atom is -0.409 e. The van der Waals surface area contributed by atoms with Crippen LogP contribution in [0.25, 0.3) is 5.69 Å². The van der Waals surface area contributed by atoms with Gasteiger partial charge in [-0.05, 0) is 19.9 Å². The lowest BCUT2D eigenvalue weighted by Gasteiger charge is -2.10. The molecule has 110 valence electrons. The molecule has 0 amide bonds. The largest absolute Gasteiger partial charge is 0.409 e. The average Bonchev–Trinajstić information content (AvgIpc) is 2.73. The van der Waals surface area contributed by atoms with Gasteiger partial charge in [-0.3, -0.25) is 10.1 Å². The molecule has 1 aromatic carbocycles. The fourth-order valence-electron chi connectivity index (χ4n) is 1.94. The van der Waals surface area contributed by atoms with Gasteiger partial charge in [0.25, 0.3) is 5.69 Å². The van der Waals surface area contributed by atoms with Gasteiger partial charge in [-0.25, -0.2) is 4.68 Å². The van der Waals surface area contributed by atoms with E-state index in [1.165, 1.54) is 22.9 Å². The molecular weight excluding hydrogens is 298 g/mol. The minimum absolute atomic E-state index is 0.173. The van der Waals surface area contributed by atoms with Crippen molar-refractivity contribution in [2.75, 3.05) is 0 Å². The van der Waals surface area contributed by atoms with E-state index < -0.39 is 4.92 Å². The van der Waals surface area contributed by atoms with Crippen molar-refractivity contribution in [2.45, 2.75) is 13.8 Å². The van der Waals surface area contributed by atoms with Gasteiger partial charge in [0.05, 0.1) is 32.6 Å². The lowest BCUT2D eigenvalue weighted by atomic mass is 10.1. The normalized spacial score (nSPS) is 11.7. The van der Waals surface area contributed by atoms with Crippen LogP contribution in [-0.4, -0.2) is 25.7 Å². The first-order valence-corrected chi connectivity index (χ1v) is 6.23. The third kappa shape index (κ3) is 2.52. The van der Waals surface area contributed by atoms with E-state index in [1.54, 1.807) is 13.8 Å². The summed E-state index contributed by atoms with van der Waals surface area (Å²) in [5.41, 5.74) is 7.31. The van der Waals surface area contributed by atoms with Crippen molar-refractivity contribution in [3.63, 3.8) is 0 Å². The number of benzene rings is 1. The molecule has 21 heavy (non-hydrogen) atoms. The van der Waals surface area contributed by atoms with Crippen molar-refractivity contribution >= 4 is 23.1 Å². The topological polar surface area (TPSA) is 120 Å². The molecule has 9 heteroatoms. The fourth-order valence-corrected chi connectivity index (χ4v) is 2.06. The maximum atomic E-state index is 10.9. The van der Waals surface area contributed by atoms with E-state index >= 15 is 0 Å². The maximum Gasteiger partial charge on any atom is 0.270 e. The van der Waals surface area contributed by atoms with Crippen LogP contribution in [-0.2, 0) is 0 Å². The van der Waals surface area contributed by atoms with Gasteiger partial charge in [0.15, 0.2) is 5.84 Å². The van der Waals surface area contributed by atoms with Crippen LogP contribution in [0.5, 0.6) is 0 Å². The molecule has 1 aromatic heterocycles. The summed E-state index contributed by atoms with van der Waals surface area (Å²) >= 11 is 6.09. The molecule has 3 N–H and O–H groups in total. The zero-order chi connectivity index (χ0) is 15.7. The zero-order valence-electron chi connectivity index (χ0n) is 11.2. The molecule has 0 aliphatic heterocycles. The van der Waals surface area contributed by atoms with Crippen molar-refractivity contribution in [3.8, 4) is 5.69 Å². The highest BCUT2D eigenvalue weighted by molar-refractivity contribution is 6.31. The number of hydrogen-bond donors (Lipinski definition) is 2. The molecule has 0 radical (unpaired) electrons. The summed E-state index contributed by atoms with van der Waals surface area (Å²) in [7, 11) is 0. The second-order valence-corrected chi connectivity index (χ2v) is 4.72. The SMILES string of the molecule is Cc1nn(-c2ccc([N+](=O)[O-])cc2C(N)=NO)c(C)c1Cl. The van der Waals surface area contributed by atoms with Gasteiger partial charge in [0.1, 0.15) is 0 Å². The maximum absolute atomic E-state index is 10.9. The van der Waals surface area contributed by atoms with Crippen LogP contribution in [0.4, 0.5) is 5.69 Å². The Balaban J connectivity index is 2.73. The van der Waals surface area contributed by atoms with Crippen LogP contribution in [0.2, 0.25) is 5.02 Å². The quantitative estimate of drug-likeness (QED) is 0.296. The Labute approximate surface area is 124 Å². The third-order valence-electron chi connectivity index (χ3n) is 3.01. The van der Waals surface area contributed by atoms with Crippen molar-refractivity contribution in [1.82, 2.24) is 9.78 Å². The molecule has 0 saturated carbocycles. The smallest absolute Gasteiger partial charge is 0.270 e. The predicted molar refractivity (Wildman–Crippen MR) is 77.2 cm³/mol. The lowest BCUT2D eigenvalue weighted by molar-refractivity contribution is -0.384. The van der Waals surface area contributed by atoms with Gasteiger partial charge >= 0.3 is 0 Å². The molecular formula is C12H12ClN5O3. The highest BCUT2D eigenvalue weighted by Crippen LogP contribution is 2.26. The number of aryl methyl sites for hydroxylation is 1. The van der Waals surface area contributed by atoms with Crippen LogP contribution in [0.1, 0.15) is 17.0 Å². The Morgan fingerprint density at radius 1 is 1.52 bits per heavy atom. The molecule has 0 bridgehead atoms. The number of nitro benzene ring substituents is 1. The van der Waals surface area contributed by atoms with Crippen LogP contribution >= 0.6 is 11.6 Å². The van der Waals surface area contributed by atoms with Crippen molar-refractivity contribution in [1.29, 1.82) is 0 Å². The zero-order valence-corrected chi connectivity index (χ0v) is 12.0. The van der Waals surface area contributed by atoms with Crippen LogP contribution in [0, 0.1) is 24.0 Å². The number of amidine groups is 1. The summed E-state index contributed by atoms with van der Waals surface area (Å²) in [6.45, 7) is 3.49. The summed E-state index contributed by atoms with van der Waals surface area (Å²) < 4.78 is 1.49. The number of non-ortho nitro benzene ring substituents is 1. The highest BCUT2D eigenvalue weighted by atomic mass is 35.5. The van der Waals surface area contributed by atoms with Crippen LogP contribution in [0.3, 0.4) is 0 Å². The van der Waals surface area contributed by atoms with Crippen LogP contribution in [0.15, 0.2) is 23.4 Å². The van der Waals surface area contributed by atoms with E-state index in [-0.39, 0.29) is 17.1 Å². The summed E-state index contributed by atoms with van der Waals surface area (Å²) in [4.78, 5) is 10.3. The Morgan fingerprint density at radius 2 is 2.19 bits per heavy atom. The second-order valence-electron chi connectivity index (χ2n) is 4.34. The molecule has 0 spiro atoms. The molecule has 0 fully saturated rings. The van der Waals surface area contributed by atoms with Gasteiger partial charge in [0.2, 0.25) is 0 Å². The molecule has 2 rings (SSSR count). The lowest BCUT2D eigenvalue weighted by Crippen LogP contribution is -2.17. The number of aromatic nitrogens is 2. The molecule has 0 aliphatic rings. The van der Waals surface area contributed by atoms with Crippen molar-refractivity contribution in [2.24, 2.45) is 10.9 Å². The van der Waals surface area contributed by atoms with Crippen molar-refractivity contribution < 1.29 is 10.1 Å². The first kappa shape index (κ1) is 14.8. The van der Waals surface area contributed by atoms with Crippen molar-refractivity contribution in [3.05, 3.63) is 50.3 Å². The number of nitrogens with zero attached hydrogens (tertiary/aromatic N) is 4. The Hall–Kier alpha value is -2.61. The molecule has 0 atom stereocenters. The monoisotopic (exact) mass is 309 g/mol. The Bertz CT molecular complexity index is 754. The molecule has 8 nitrogen and oxygen atoms in total. The first-order chi connectivity index (χ1) is 9.86. The molecule has 0 unspecified atom stereocenters. The van der Waals surface area contributed by atoms with E-state index in [0.717, 1.165) is 0 Å². The van der Waals surface area contributed by atoms with E-state index in [1.807, 2.05) is 0 Å². The highest BCUT2D eigenvalue weighted by Gasteiger charge is 2.19. The minimum atomic E-state index is -0.563. The van der Waals surface area contributed by atoms with E-state index in [0.29, 0.717) is 22.1 Å². The number of hydrogen-bond acceptors (Lipinski definition) is 5. The van der Waals surface area contributed by atoms with Crippen LogP contribution < -0.4 is 5.73 Å². The fraction of sp³-hybridized carbons (Fsp3) is 0.167. The van der Waals surface area contributed by atoms with Gasteiger partial charge in [-0.2, -0.15) is 5.10 Å². The molecule has 2 aromatic rings. The number of halogens is 1. The summed E-state index contributed by atoms with van der Waals surface area (Å²) in [5, 5.41) is 27.4. The molecule has 0 saturated heterocycles. The summed E-state index contributed by atoms with van der Waals surface area (Å²) in [6.07, 6.45) is 0. The second kappa shape index (κ2) is 5.41. The van der Waals surface area contributed by atoms with E-state index in [2.05, 4.69) is 10.3 Å². The van der Waals surface area contributed by atoms with E-state index in [4.69, 9.17) is 22.5 Å². The third-order valence-corrected chi connectivity index (χ3v) is 3.55. The Kier molecular flexibility index (Phi) is 3.81. The van der Waals surface area contributed by atoms with Gasteiger partial charge in [0, 0.05) is 12.1 Å². The Morgan fingerprint density at radius 3 is 2.67 bits per heavy atom. The number of nitro groups is 1. The van der Waals surface area contributed by atoms with E-state index in [9.17, 15) is 10.1 Å². The van der Waals surface area contributed by atoms with Gasteiger partial charge in [-0.1, -0.05) is 16.8 Å². The average molecular weight is 310 g/mol. The number of nitrogens with two attached hydrogens (primary N) is 1. The van der Waals surface area contributed by atoms with Gasteiger partial charge in [-0.15, -0.1) is 0 Å². The summed E-state index contributed by atoms with van der Waals surface area (Å²) in [5.74, 6) is -0.252. The molecule has 1 heterocycles. The standard InChI is InChI=1S/C12H12ClN5O3/c1-6-11(13)7(2)17(15-6)10-4-3-8(18(20)21)5-9(10)12(14)16-19/h3-5,19H,1-2H3,(H2,14,16). The number of rotatable bonds is 3. The predicted octanol–water partition coefficient (Wildman–Crippen LogP) is 2.15. The summed E-state index contributed by atoms with van der Waals surface area (Å²) in [6, 6.07) is 4.00. The number of oxime groups is 1. The van der Waals surface area contributed by atoms with Gasteiger partial charge < -0.3 is 10.9 Å². The first-order valence-electron chi connectivity index (χ1n) is 5.85. The molecule has 0 aliphatic carbocycles.